The van der Waals surface area contributed by atoms with E-state index in [1.165, 1.54) is 31.0 Å². The second-order valence-electron chi connectivity index (χ2n) is 6.18. The van der Waals surface area contributed by atoms with E-state index in [0.29, 0.717) is 21.9 Å². The average Bonchev–Trinajstić information content (AvgIpc) is 2.85. The minimum atomic E-state index is 0.0126. The molecule has 2 aliphatic rings. The van der Waals surface area contributed by atoms with Crippen LogP contribution in [0.1, 0.15) is 31.7 Å². The van der Waals surface area contributed by atoms with Crippen molar-refractivity contribution in [1.82, 2.24) is 9.80 Å². The van der Waals surface area contributed by atoms with Crippen molar-refractivity contribution in [1.29, 1.82) is 0 Å². The van der Waals surface area contributed by atoms with E-state index < -0.39 is 0 Å². The van der Waals surface area contributed by atoms with Crippen molar-refractivity contribution in [2.24, 2.45) is 0 Å². The van der Waals surface area contributed by atoms with Gasteiger partial charge in [0.25, 0.3) is 5.91 Å². The van der Waals surface area contributed by atoms with Crippen LogP contribution in [-0.4, -0.2) is 46.4 Å². The van der Waals surface area contributed by atoms with Gasteiger partial charge >= 0.3 is 0 Å². The van der Waals surface area contributed by atoms with Gasteiger partial charge in [-0.3, -0.25) is 14.6 Å². The Hall–Kier alpha value is -1.37. The number of carbonyl (C=O) groups excluding carboxylic acids is 1. The molecule has 2 heterocycles. The van der Waals surface area contributed by atoms with Gasteiger partial charge in [-0.15, -0.1) is 0 Å². The second-order valence-corrected chi connectivity index (χ2v) is 7.86. The molecule has 0 unspecified atom stereocenters. The lowest BCUT2D eigenvalue weighted by Gasteiger charge is -2.35. The molecule has 2 saturated heterocycles. The maximum Gasteiger partial charge on any atom is 0.267 e. The van der Waals surface area contributed by atoms with E-state index in [1.807, 2.05) is 30.3 Å². The van der Waals surface area contributed by atoms with Crippen LogP contribution in [0.5, 0.6) is 5.75 Å². The van der Waals surface area contributed by atoms with Crippen molar-refractivity contribution in [3.05, 3.63) is 34.7 Å². The van der Waals surface area contributed by atoms with Crippen molar-refractivity contribution in [3.8, 4) is 5.75 Å². The maximum atomic E-state index is 12.7. The largest absolute Gasteiger partial charge is 0.497 e. The first-order valence-electron chi connectivity index (χ1n) is 8.22. The fourth-order valence-corrected chi connectivity index (χ4v) is 4.26. The summed E-state index contributed by atoms with van der Waals surface area (Å²) in [6, 6.07) is 8.18. The Labute approximate surface area is 152 Å². The molecule has 24 heavy (non-hydrogen) atoms. The molecule has 0 aliphatic carbocycles. The molecule has 2 fully saturated rings. The molecule has 0 radical (unpaired) electrons. The molecule has 0 bridgehead atoms. The molecule has 2 aliphatic heterocycles. The monoisotopic (exact) mass is 362 g/mol. The van der Waals surface area contributed by atoms with Crippen LogP contribution in [0.2, 0.25) is 0 Å². The van der Waals surface area contributed by atoms with Gasteiger partial charge in [-0.2, -0.15) is 0 Å². The van der Waals surface area contributed by atoms with Crippen LogP contribution in [0.25, 0.3) is 6.08 Å². The van der Waals surface area contributed by atoms with Gasteiger partial charge in [-0.25, -0.2) is 0 Å². The zero-order valence-corrected chi connectivity index (χ0v) is 15.7. The molecule has 1 amide bonds. The minimum Gasteiger partial charge on any atom is -0.497 e. The highest BCUT2D eigenvalue weighted by atomic mass is 32.2. The van der Waals surface area contributed by atoms with Gasteiger partial charge in [0.15, 0.2) is 0 Å². The fraction of sp³-hybridized carbons (Fsp3) is 0.444. The molecule has 1 aromatic rings. The van der Waals surface area contributed by atoms with Crippen LogP contribution in [0.15, 0.2) is 29.2 Å². The summed E-state index contributed by atoms with van der Waals surface area (Å²) in [7, 11) is 1.64. The SMILES string of the molecule is COc1ccc(/C=C2/SC(=S)N(CN3CCCC[C@H]3C)C2=O)cc1. The number of thioether (sulfide) groups is 1. The van der Waals surface area contributed by atoms with Crippen molar-refractivity contribution in [2.75, 3.05) is 20.3 Å². The third-order valence-corrected chi connectivity index (χ3v) is 5.93. The molecule has 0 aromatic heterocycles. The zero-order chi connectivity index (χ0) is 17.1. The van der Waals surface area contributed by atoms with Gasteiger partial charge in [-0.05, 0) is 43.5 Å². The summed E-state index contributed by atoms with van der Waals surface area (Å²) < 4.78 is 5.81. The predicted molar refractivity (Wildman–Crippen MR) is 103 cm³/mol. The standard InChI is InChI=1S/C18H22N2O2S2/c1-13-5-3-4-10-19(13)12-20-17(21)16(24-18(20)23)11-14-6-8-15(22-2)9-7-14/h6-9,11,13H,3-5,10,12H2,1-2H3/b16-11+/t13-/m1/s1. The first-order chi connectivity index (χ1) is 11.6. The Balaban J connectivity index is 1.71. The topological polar surface area (TPSA) is 32.8 Å². The van der Waals surface area contributed by atoms with Crippen LogP contribution in [0, 0.1) is 0 Å². The summed E-state index contributed by atoms with van der Waals surface area (Å²) in [4.78, 5) is 17.5. The number of likely N-dealkylation sites (tertiary alicyclic amines) is 1. The highest BCUT2D eigenvalue weighted by Crippen LogP contribution is 2.33. The van der Waals surface area contributed by atoms with E-state index in [4.69, 9.17) is 17.0 Å². The Bertz CT molecular complexity index is 657. The molecule has 4 nitrogen and oxygen atoms in total. The first-order valence-corrected chi connectivity index (χ1v) is 9.44. The number of nitrogens with zero attached hydrogens (tertiary/aromatic N) is 2. The molecule has 6 heteroatoms. The van der Waals surface area contributed by atoms with E-state index in [0.717, 1.165) is 17.9 Å². The summed E-state index contributed by atoms with van der Waals surface area (Å²) in [5, 5.41) is 0. The number of rotatable bonds is 4. The van der Waals surface area contributed by atoms with E-state index in [1.54, 1.807) is 12.0 Å². The Morgan fingerprint density at radius 2 is 2.08 bits per heavy atom. The van der Waals surface area contributed by atoms with Gasteiger partial charge in [0.2, 0.25) is 0 Å². The fourth-order valence-electron chi connectivity index (χ4n) is 3.02. The number of hydrogen-bond acceptors (Lipinski definition) is 5. The molecule has 128 valence electrons. The van der Waals surface area contributed by atoms with Crippen molar-refractivity contribution in [3.63, 3.8) is 0 Å². The molecule has 0 spiro atoms. The van der Waals surface area contributed by atoms with Gasteiger partial charge < -0.3 is 4.74 Å². The molecule has 1 aromatic carbocycles. The number of hydrogen-bond donors (Lipinski definition) is 0. The number of thiocarbonyl (C=S) groups is 1. The van der Waals surface area contributed by atoms with Gasteiger partial charge in [0, 0.05) is 12.6 Å². The minimum absolute atomic E-state index is 0.0126. The number of piperidine rings is 1. The lowest BCUT2D eigenvalue weighted by Crippen LogP contribution is -2.46. The smallest absolute Gasteiger partial charge is 0.267 e. The molecule has 3 rings (SSSR count). The van der Waals surface area contributed by atoms with Crippen LogP contribution in [0.3, 0.4) is 0 Å². The Morgan fingerprint density at radius 3 is 2.75 bits per heavy atom. The van der Waals surface area contributed by atoms with Crippen LogP contribution in [-0.2, 0) is 4.79 Å². The molecular formula is C18H22N2O2S2. The summed E-state index contributed by atoms with van der Waals surface area (Å²) in [6.07, 6.45) is 5.56. The molecule has 0 N–H and O–H groups in total. The van der Waals surface area contributed by atoms with Gasteiger partial charge in [-0.1, -0.05) is 42.5 Å². The molecule has 1 atom stereocenters. The Morgan fingerprint density at radius 1 is 1.33 bits per heavy atom. The number of ether oxygens (including phenoxy) is 1. The van der Waals surface area contributed by atoms with E-state index in [2.05, 4.69) is 11.8 Å². The quantitative estimate of drug-likeness (QED) is 0.602. The van der Waals surface area contributed by atoms with Crippen LogP contribution in [0.4, 0.5) is 0 Å². The van der Waals surface area contributed by atoms with Crippen molar-refractivity contribution < 1.29 is 9.53 Å². The molecular weight excluding hydrogens is 340 g/mol. The van der Waals surface area contributed by atoms with Crippen LogP contribution >= 0.6 is 24.0 Å². The van der Waals surface area contributed by atoms with E-state index in [9.17, 15) is 4.79 Å². The number of benzene rings is 1. The van der Waals surface area contributed by atoms with Gasteiger partial charge in [0.1, 0.15) is 10.1 Å². The maximum absolute atomic E-state index is 12.7. The van der Waals surface area contributed by atoms with Gasteiger partial charge in [0.05, 0.1) is 18.7 Å². The summed E-state index contributed by atoms with van der Waals surface area (Å²) in [5.41, 5.74) is 0.975. The van der Waals surface area contributed by atoms with Crippen molar-refractivity contribution >= 4 is 40.3 Å². The lowest BCUT2D eigenvalue weighted by atomic mass is 10.0. The van der Waals surface area contributed by atoms with Crippen LogP contribution < -0.4 is 4.74 Å². The predicted octanol–water partition coefficient (Wildman–Crippen LogP) is 3.73. The number of methoxy groups -OCH3 is 1. The first kappa shape index (κ1) is 17.5. The summed E-state index contributed by atoms with van der Waals surface area (Å²) >= 11 is 6.83. The third kappa shape index (κ3) is 3.82. The summed E-state index contributed by atoms with van der Waals surface area (Å²) in [5.74, 6) is 0.817. The third-order valence-electron chi connectivity index (χ3n) is 4.55. The normalized spacial score (nSPS) is 24.0. The lowest BCUT2D eigenvalue weighted by molar-refractivity contribution is -0.124. The van der Waals surface area contributed by atoms with E-state index in [-0.39, 0.29) is 5.91 Å². The van der Waals surface area contributed by atoms with Crippen molar-refractivity contribution in [2.45, 2.75) is 32.2 Å². The average molecular weight is 363 g/mol. The summed E-state index contributed by atoms with van der Waals surface area (Å²) in [6.45, 7) is 3.87. The Kier molecular flexibility index (Phi) is 5.58. The highest BCUT2D eigenvalue weighted by molar-refractivity contribution is 8.26. The highest BCUT2D eigenvalue weighted by Gasteiger charge is 2.34. The molecule has 0 saturated carbocycles. The number of amides is 1. The second kappa shape index (κ2) is 7.68. The zero-order valence-electron chi connectivity index (χ0n) is 14.0. The number of carbonyl (C=O) groups is 1. The van der Waals surface area contributed by atoms with E-state index >= 15 is 0 Å².